The number of hydrogen-bond donors (Lipinski definition) is 0. The summed E-state index contributed by atoms with van der Waals surface area (Å²) in [6.07, 6.45) is -1.48. The molecule has 1 saturated heterocycles. The van der Waals surface area contributed by atoms with Crippen molar-refractivity contribution in [3.63, 3.8) is 0 Å². The molecule has 2 heterocycles. The molecule has 0 bridgehead atoms. The van der Waals surface area contributed by atoms with Crippen LogP contribution in [0.3, 0.4) is 0 Å². The maximum atomic E-state index is 12.9. The molecule has 0 radical (unpaired) electrons. The Morgan fingerprint density at radius 2 is 1.07 bits per heavy atom. The van der Waals surface area contributed by atoms with Crippen molar-refractivity contribution < 1.29 is 50.9 Å². The molecule has 0 aliphatic carbocycles. The second kappa shape index (κ2) is 18.5. The van der Waals surface area contributed by atoms with E-state index in [1.165, 1.54) is 0 Å². The van der Waals surface area contributed by atoms with E-state index in [9.17, 15) is 9.13 Å². The number of morpholine rings is 1. The van der Waals surface area contributed by atoms with E-state index in [0.29, 0.717) is 32.3 Å². The fourth-order valence-electron chi connectivity index (χ4n) is 3.66. The van der Waals surface area contributed by atoms with E-state index < -0.39 is 15.2 Å². The molecule has 2 rings (SSSR count). The smallest absolute Gasteiger partial charge is 0.356 e. The van der Waals surface area contributed by atoms with Crippen LogP contribution in [-0.2, 0) is 41.4 Å². The first-order chi connectivity index (χ1) is 19.8. The minimum absolute atomic E-state index is 0.130. The Morgan fingerprint density at radius 1 is 0.690 bits per heavy atom. The minimum atomic E-state index is -3.41. The van der Waals surface area contributed by atoms with Gasteiger partial charge in [-0.1, -0.05) is 0 Å². The Bertz CT molecular complexity index is 913. The van der Waals surface area contributed by atoms with E-state index >= 15 is 0 Å². The molecule has 14 nitrogen and oxygen atoms in total. The van der Waals surface area contributed by atoms with Gasteiger partial charge in [-0.2, -0.15) is 9.97 Å². The maximum absolute atomic E-state index is 12.9. The van der Waals surface area contributed by atoms with E-state index in [0.717, 1.165) is 0 Å². The van der Waals surface area contributed by atoms with Crippen LogP contribution in [0.2, 0.25) is 0 Å². The Morgan fingerprint density at radius 3 is 1.43 bits per heavy atom. The van der Waals surface area contributed by atoms with Gasteiger partial charge in [0.25, 0.3) is 0 Å². The van der Waals surface area contributed by atoms with Crippen molar-refractivity contribution in [2.75, 3.05) is 70.3 Å². The molecule has 0 aromatic carbocycles. The van der Waals surface area contributed by atoms with Gasteiger partial charge in [0, 0.05) is 13.1 Å². The van der Waals surface area contributed by atoms with Gasteiger partial charge in [-0.25, -0.2) is 0 Å². The minimum Gasteiger partial charge on any atom is -0.475 e. The van der Waals surface area contributed by atoms with Crippen molar-refractivity contribution in [1.29, 1.82) is 0 Å². The highest BCUT2D eigenvalue weighted by molar-refractivity contribution is 7.53. The van der Waals surface area contributed by atoms with Gasteiger partial charge in [0.1, 0.15) is 25.9 Å². The van der Waals surface area contributed by atoms with Gasteiger partial charge in [0.05, 0.1) is 56.9 Å². The molecule has 244 valence electrons. The molecule has 0 N–H and O–H groups in total. The van der Waals surface area contributed by atoms with E-state index in [1.54, 1.807) is 61.5 Å². The summed E-state index contributed by atoms with van der Waals surface area (Å²) in [5.41, 5.74) is 0. The van der Waals surface area contributed by atoms with Crippen molar-refractivity contribution in [3.05, 3.63) is 6.07 Å². The molecule has 1 aromatic rings. The zero-order chi connectivity index (χ0) is 31.2. The standard InChI is InChI=1S/C26H49N3O11P2/c1-20(2)37-41(30,38-21(3)4)18-33-13-15-35-24-17-25(28-26(27-24)29-9-11-32-12-10-29)36-16-14-34-19-42(31,39-22(5)6)40-23(7)8/h17,20-23H,9-16,18-19H2,1-8H3. The molecule has 0 unspecified atom stereocenters. The summed E-state index contributed by atoms with van der Waals surface area (Å²) in [5, 5.41) is 0. The largest absolute Gasteiger partial charge is 0.475 e. The van der Waals surface area contributed by atoms with Gasteiger partial charge < -0.3 is 46.7 Å². The van der Waals surface area contributed by atoms with Crippen molar-refractivity contribution in [1.82, 2.24) is 9.97 Å². The summed E-state index contributed by atoms with van der Waals surface area (Å²) in [4.78, 5) is 11.0. The van der Waals surface area contributed by atoms with Crippen LogP contribution in [0.25, 0.3) is 0 Å². The van der Waals surface area contributed by atoms with Crippen molar-refractivity contribution in [3.8, 4) is 11.8 Å². The van der Waals surface area contributed by atoms with Crippen LogP contribution in [0, 0.1) is 0 Å². The zero-order valence-corrected chi connectivity index (χ0v) is 28.0. The SMILES string of the molecule is CC(C)OP(=O)(COCCOc1cc(OCCOCP(=O)(OC(C)C)OC(C)C)nc(N2CCOCC2)n1)OC(C)C. The molecule has 0 atom stereocenters. The van der Waals surface area contributed by atoms with Gasteiger partial charge in [-0.05, 0) is 55.4 Å². The van der Waals surface area contributed by atoms with Crippen LogP contribution in [-0.4, -0.2) is 99.8 Å². The average molecular weight is 642 g/mol. The maximum Gasteiger partial charge on any atom is 0.356 e. The third kappa shape index (κ3) is 14.9. The normalized spacial score (nSPS) is 14.9. The molecule has 0 saturated carbocycles. The molecule has 1 fully saturated rings. The number of anilines is 1. The zero-order valence-electron chi connectivity index (χ0n) is 26.2. The third-order valence-electron chi connectivity index (χ3n) is 4.90. The summed E-state index contributed by atoms with van der Waals surface area (Å²) >= 11 is 0. The highest BCUT2D eigenvalue weighted by atomic mass is 31.2. The highest BCUT2D eigenvalue weighted by Crippen LogP contribution is 2.51. The second-order valence-corrected chi connectivity index (χ2v) is 14.4. The Kier molecular flexibility index (Phi) is 16.2. The molecule has 1 aromatic heterocycles. The second-order valence-electron chi connectivity index (χ2n) is 10.6. The van der Waals surface area contributed by atoms with Crippen LogP contribution < -0.4 is 14.4 Å². The lowest BCUT2D eigenvalue weighted by Crippen LogP contribution is -2.37. The predicted molar refractivity (Wildman–Crippen MR) is 158 cm³/mol. The molecule has 42 heavy (non-hydrogen) atoms. The van der Waals surface area contributed by atoms with Gasteiger partial charge in [0.2, 0.25) is 17.7 Å². The quantitative estimate of drug-likeness (QED) is 0.129. The predicted octanol–water partition coefficient (Wildman–Crippen LogP) is 5.11. The Hall–Kier alpha value is -1.34. The van der Waals surface area contributed by atoms with Gasteiger partial charge in [0.15, 0.2) is 0 Å². The molecule has 1 aliphatic heterocycles. The van der Waals surface area contributed by atoms with E-state index in [1.807, 2.05) is 4.90 Å². The number of aromatic nitrogens is 2. The lowest BCUT2D eigenvalue weighted by Gasteiger charge is -2.27. The lowest BCUT2D eigenvalue weighted by molar-refractivity contribution is 0.0832. The van der Waals surface area contributed by atoms with E-state index in [2.05, 4.69) is 9.97 Å². The van der Waals surface area contributed by atoms with Crippen LogP contribution in [0.4, 0.5) is 5.95 Å². The number of hydrogen-bond acceptors (Lipinski definition) is 14. The van der Waals surface area contributed by atoms with Crippen LogP contribution >= 0.6 is 15.2 Å². The third-order valence-corrected chi connectivity index (χ3v) is 8.87. The van der Waals surface area contributed by atoms with Crippen molar-refractivity contribution in [2.24, 2.45) is 0 Å². The summed E-state index contributed by atoms with van der Waals surface area (Å²) in [5.74, 6) is 1.01. The topological polar surface area (TPSA) is 146 Å². The number of nitrogens with zero attached hydrogens (tertiary/aromatic N) is 3. The first kappa shape index (κ1) is 36.8. The monoisotopic (exact) mass is 641 g/mol. The molecule has 16 heteroatoms. The summed E-state index contributed by atoms with van der Waals surface area (Å²) in [7, 11) is -6.82. The fraction of sp³-hybridized carbons (Fsp3) is 0.846. The average Bonchev–Trinajstić information content (AvgIpc) is 2.86. The van der Waals surface area contributed by atoms with E-state index in [-0.39, 0.29) is 75.3 Å². The highest BCUT2D eigenvalue weighted by Gasteiger charge is 2.29. The first-order valence-corrected chi connectivity index (χ1v) is 17.8. The molecule has 0 amide bonds. The van der Waals surface area contributed by atoms with Gasteiger partial charge in [-0.3, -0.25) is 9.13 Å². The van der Waals surface area contributed by atoms with Crippen molar-refractivity contribution >= 4 is 21.1 Å². The van der Waals surface area contributed by atoms with E-state index in [4.69, 9.17) is 41.8 Å². The lowest BCUT2D eigenvalue weighted by atomic mass is 10.4. The summed E-state index contributed by atoms with van der Waals surface area (Å²) < 4.78 is 76.0. The van der Waals surface area contributed by atoms with Gasteiger partial charge in [-0.15, -0.1) is 0 Å². The van der Waals surface area contributed by atoms with Crippen LogP contribution in [0.1, 0.15) is 55.4 Å². The summed E-state index contributed by atoms with van der Waals surface area (Å²) in [6, 6.07) is 1.56. The van der Waals surface area contributed by atoms with Gasteiger partial charge >= 0.3 is 15.2 Å². The number of ether oxygens (including phenoxy) is 5. The van der Waals surface area contributed by atoms with Crippen LogP contribution in [0.15, 0.2) is 6.07 Å². The molecule has 1 aliphatic rings. The first-order valence-electron chi connectivity index (χ1n) is 14.3. The Labute approximate surface area is 250 Å². The van der Waals surface area contributed by atoms with Crippen LogP contribution in [0.5, 0.6) is 11.8 Å². The number of rotatable bonds is 21. The fourth-order valence-corrected chi connectivity index (χ4v) is 7.28. The molecular weight excluding hydrogens is 592 g/mol. The molecular formula is C26H49N3O11P2. The summed E-state index contributed by atoms with van der Waals surface area (Å²) in [6.45, 7) is 17.2. The molecule has 0 spiro atoms. The van der Waals surface area contributed by atoms with Crippen molar-refractivity contribution in [2.45, 2.75) is 79.8 Å². The Balaban J connectivity index is 1.95.